The molecule has 27 heavy (non-hydrogen) atoms. The first kappa shape index (κ1) is 19.3. The molecule has 2 aromatic carbocycles. The van der Waals surface area contributed by atoms with Crippen molar-refractivity contribution >= 4 is 45.2 Å². The molecular weight excluding hydrogens is 428 g/mol. The van der Waals surface area contributed by atoms with Crippen molar-refractivity contribution in [1.82, 2.24) is 5.32 Å². The van der Waals surface area contributed by atoms with Gasteiger partial charge in [0.05, 0.1) is 6.26 Å². The molecule has 2 N–H and O–H groups in total. The van der Waals surface area contributed by atoms with Gasteiger partial charge in [0.2, 0.25) is 5.91 Å². The molecule has 3 rings (SSSR count). The molecule has 0 radical (unpaired) electrons. The molecule has 0 aliphatic heterocycles. The Morgan fingerprint density at radius 3 is 2.22 bits per heavy atom. The van der Waals surface area contributed by atoms with Crippen molar-refractivity contribution in [2.45, 2.75) is 22.8 Å². The van der Waals surface area contributed by atoms with Crippen molar-refractivity contribution in [2.24, 2.45) is 0 Å². The second kappa shape index (κ2) is 8.92. The van der Waals surface area contributed by atoms with Crippen LogP contribution in [0.25, 0.3) is 0 Å². The minimum absolute atomic E-state index is 0.170. The Morgan fingerprint density at radius 1 is 1.00 bits per heavy atom. The van der Waals surface area contributed by atoms with Crippen LogP contribution >= 0.6 is 27.7 Å². The van der Waals surface area contributed by atoms with E-state index in [1.165, 1.54) is 6.26 Å². The zero-order valence-corrected chi connectivity index (χ0v) is 16.8. The van der Waals surface area contributed by atoms with Crippen LogP contribution in [0.5, 0.6) is 0 Å². The molecule has 3 aromatic rings. The molecule has 0 bridgehead atoms. The van der Waals surface area contributed by atoms with Gasteiger partial charge in [0.1, 0.15) is 6.04 Å². The van der Waals surface area contributed by atoms with Crippen LogP contribution in [-0.2, 0) is 4.79 Å². The predicted molar refractivity (Wildman–Crippen MR) is 109 cm³/mol. The summed E-state index contributed by atoms with van der Waals surface area (Å²) < 4.78 is 6.05. The molecule has 2 amide bonds. The second-order valence-electron chi connectivity index (χ2n) is 5.74. The van der Waals surface area contributed by atoms with Gasteiger partial charge in [0, 0.05) is 20.0 Å². The van der Waals surface area contributed by atoms with Crippen molar-refractivity contribution in [2.75, 3.05) is 5.32 Å². The number of hydrogen-bond donors (Lipinski definition) is 2. The van der Waals surface area contributed by atoms with E-state index < -0.39 is 11.9 Å². The van der Waals surface area contributed by atoms with Gasteiger partial charge < -0.3 is 15.1 Å². The lowest BCUT2D eigenvalue weighted by atomic mass is 10.2. The number of benzene rings is 2. The fraction of sp³-hybridized carbons (Fsp3) is 0.100. The second-order valence-corrected chi connectivity index (χ2v) is 7.80. The number of carbonyl (C=O) groups excluding carboxylic acids is 2. The summed E-state index contributed by atoms with van der Waals surface area (Å²) in [6.07, 6.45) is 1.41. The van der Waals surface area contributed by atoms with Gasteiger partial charge in [-0.2, -0.15) is 0 Å². The number of carbonyl (C=O) groups is 2. The lowest BCUT2D eigenvalue weighted by Gasteiger charge is -2.13. The van der Waals surface area contributed by atoms with Gasteiger partial charge in [-0.05, 0) is 67.6 Å². The average Bonchev–Trinajstić information content (AvgIpc) is 3.20. The highest BCUT2D eigenvalue weighted by Crippen LogP contribution is 2.29. The number of hydrogen-bond acceptors (Lipinski definition) is 4. The maximum absolute atomic E-state index is 12.3. The predicted octanol–water partition coefficient (Wildman–Crippen LogP) is 4.95. The number of rotatable bonds is 6. The number of amides is 2. The number of furan rings is 1. The monoisotopic (exact) mass is 444 g/mol. The fourth-order valence-corrected chi connectivity index (χ4v) is 3.32. The molecule has 0 aliphatic rings. The molecular formula is C20H17BrN2O3S. The van der Waals surface area contributed by atoms with E-state index in [2.05, 4.69) is 26.6 Å². The Bertz CT molecular complexity index is 909. The summed E-state index contributed by atoms with van der Waals surface area (Å²) in [5, 5.41) is 5.39. The van der Waals surface area contributed by atoms with Crippen molar-refractivity contribution < 1.29 is 14.0 Å². The van der Waals surface area contributed by atoms with Crippen LogP contribution in [0, 0.1) is 0 Å². The molecule has 7 heteroatoms. The average molecular weight is 445 g/mol. The van der Waals surface area contributed by atoms with Crippen molar-refractivity contribution in [3.8, 4) is 0 Å². The lowest BCUT2D eigenvalue weighted by Crippen LogP contribution is -2.41. The summed E-state index contributed by atoms with van der Waals surface area (Å²) in [7, 11) is 0. The van der Waals surface area contributed by atoms with E-state index in [4.69, 9.17) is 4.42 Å². The zero-order chi connectivity index (χ0) is 19.2. The quantitative estimate of drug-likeness (QED) is 0.563. The molecule has 1 heterocycles. The SMILES string of the molecule is CC(NC(=O)c1ccco1)C(=O)Nc1ccc(Sc2ccc(Br)cc2)cc1. The molecule has 5 nitrogen and oxygen atoms in total. The maximum atomic E-state index is 12.3. The van der Waals surface area contributed by atoms with Crippen LogP contribution < -0.4 is 10.6 Å². The standard InChI is InChI=1S/C20H17BrN2O3S/c1-13(22-20(25)18-3-2-12-26-18)19(24)23-15-6-10-17(11-7-15)27-16-8-4-14(21)5-9-16/h2-13H,1H3,(H,22,25)(H,23,24). The molecule has 0 aliphatic carbocycles. The van der Waals surface area contributed by atoms with Gasteiger partial charge >= 0.3 is 0 Å². The van der Waals surface area contributed by atoms with Crippen LogP contribution in [0.4, 0.5) is 5.69 Å². The molecule has 0 spiro atoms. The first-order valence-electron chi connectivity index (χ1n) is 8.20. The summed E-state index contributed by atoms with van der Waals surface area (Å²) in [5.41, 5.74) is 0.666. The Hall–Kier alpha value is -2.51. The molecule has 0 fully saturated rings. The van der Waals surface area contributed by atoms with Crippen LogP contribution in [-0.4, -0.2) is 17.9 Å². The molecule has 1 aromatic heterocycles. The van der Waals surface area contributed by atoms with E-state index in [9.17, 15) is 9.59 Å². The van der Waals surface area contributed by atoms with E-state index in [0.29, 0.717) is 5.69 Å². The van der Waals surface area contributed by atoms with E-state index in [1.54, 1.807) is 30.8 Å². The summed E-state index contributed by atoms with van der Waals surface area (Å²) in [5.74, 6) is -0.559. The molecule has 0 saturated heterocycles. The van der Waals surface area contributed by atoms with Crippen LogP contribution in [0.15, 0.2) is 85.6 Å². The minimum Gasteiger partial charge on any atom is -0.459 e. The highest BCUT2D eigenvalue weighted by atomic mass is 79.9. The molecule has 1 atom stereocenters. The summed E-state index contributed by atoms with van der Waals surface area (Å²) in [6.45, 7) is 1.62. The van der Waals surface area contributed by atoms with Gasteiger partial charge in [-0.25, -0.2) is 0 Å². The lowest BCUT2D eigenvalue weighted by molar-refractivity contribution is -0.117. The Morgan fingerprint density at radius 2 is 1.63 bits per heavy atom. The summed E-state index contributed by atoms with van der Waals surface area (Å²) in [4.78, 5) is 26.4. The van der Waals surface area contributed by atoms with Crippen LogP contribution in [0.3, 0.4) is 0 Å². The topological polar surface area (TPSA) is 71.3 Å². The Labute approximate surface area is 169 Å². The third kappa shape index (κ3) is 5.48. The Kier molecular flexibility index (Phi) is 6.36. The van der Waals surface area contributed by atoms with Crippen LogP contribution in [0.2, 0.25) is 0 Å². The third-order valence-electron chi connectivity index (χ3n) is 3.66. The van der Waals surface area contributed by atoms with Gasteiger partial charge in [-0.1, -0.05) is 27.7 Å². The van der Waals surface area contributed by atoms with Gasteiger partial charge in [-0.15, -0.1) is 0 Å². The summed E-state index contributed by atoms with van der Waals surface area (Å²) >= 11 is 5.06. The van der Waals surface area contributed by atoms with Gasteiger partial charge in [0.15, 0.2) is 5.76 Å². The van der Waals surface area contributed by atoms with E-state index >= 15 is 0 Å². The van der Waals surface area contributed by atoms with E-state index in [-0.39, 0.29) is 11.7 Å². The highest BCUT2D eigenvalue weighted by molar-refractivity contribution is 9.10. The largest absolute Gasteiger partial charge is 0.459 e. The minimum atomic E-state index is -0.695. The van der Waals surface area contributed by atoms with Crippen molar-refractivity contribution in [1.29, 1.82) is 0 Å². The van der Waals surface area contributed by atoms with Gasteiger partial charge in [-0.3, -0.25) is 9.59 Å². The van der Waals surface area contributed by atoms with Crippen LogP contribution in [0.1, 0.15) is 17.5 Å². The fourth-order valence-electron chi connectivity index (χ4n) is 2.24. The number of nitrogens with one attached hydrogen (secondary N) is 2. The highest BCUT2D eigenvalue weighted by Gasteiger charge is 2.18. The van der Waals surface area contributed by atoms with Crippen molar-refractivity contribution in [3.05, 3.63) is 77.2 Å². The first-order chi connectivity index (χ1) is 13.0. The first-order valence-corrected chi connectivity index (χ1v) is 9.81. The summed E-state index contributed by atoms with van der Waals surface area (Å²) in [6, 6.07) is 18.1. The normalized spacial score (nSPS) is 11.6. The number of anilines is 1. The number of halogens is 1. The smallest absolute Gasteiger partial charge is 0.287 e. The van der Waals surface area contributed by atoms with E-state index in [0.717, 1.165) is 14.3 Å². The molecule has 1 unspecified atom stereocenters. The third-order valence-corrected chi connectivity index (χ3v) is 5.20. The van der Waals surface area contributed by atoms with Crippen molar-refractivity contribution in [3.63, 3.8) is 0 Å². The molecule has 0 saturated carbocycles. The van der Waals surface area contributed by atoms with E-state index in [1.807, 2.05) is 48.5 Å². The Balaban J connectivity index is 1.54. The zero-order valence-electron chi connectivity index (χ0n) is 14.4. The maximum Gasteiger partial charge on any atom is 0.287 e. The van der Waals surface area contributed by atoms with Gasteiger partial charge in [0.25, 0.3) is 5.91 Å². The molecule has 138 valence electrons.